The number of aliphatic hydroxyl groups excluding tert-OH is 1. The minimum absolute atomic E-state index is 0.0327. The average molecular weight is 275 g/mol. The van der Waals surface area contributed by atoms with Crippen molar-refractivity contribution >= 4 is 5.91 Å². The van der Waals surface area contributed by atoms with E-state index >= 15 is 0 Å². The summed E-state index contributed by atoms with van der Waals surface area (Å²) in [6, 6.07) is 8.15. The quantitative estimate of drug-likeness (QED) is 0.838. The number of nitrogens with one attached hydrogen (secondary N) is 1. The van der Waals surface area contributed by atoms with Crippen molar-refractivity contribution in [3.05, 3.63) is 35.4 Å². The predicted molar refractivity (Wildman–Crippen MR) is 80.5 cm³/mol. The summed E-state index contributed by atoms with van der Waals surface area (Å²) in [6.07, 6.45) is 5.49. The first-order valence-corrected chi connectivity index (χ1v) is 7.66. The topological polar surface area (TPSA) is 49.3 Å². The summed E-state index contributed by atoms with van der Waals surface area (Å²) in [5, 5.41) is 12.9. The monoisotopic (exact) mass is 275 g/mol. The summed E-state index contributed by atoms with van der Waals surface area (Å²) in [5.74, 6) is 0.414. The van der Waals surface area contributed by atoms with Gasteiger partial charge in [0.05, 0.1) is 6.10 Å². The van der Waals surface area contributed by atoms with Gasteiger partial charge in [0.1, 0.15) is 0 Å². The van der Waals surface area contributed by atoms with Crippen molar-refractivity contribution in [1.82, 2.24) is 5.32 Å². The Hall–Kier alpha value is -1.35. The van der Waals surface area contributed by atoms with Gasteiger partial charge in [0.25, 0.3) is 0 Å². The van der Waals surface area contributed by atoms with E-state index < -0.39 is 0 Å². The van der Waals surface area contributed by atoms with Crippen LogP contribution < -0.4 is 5.32 Å². The van der Waals surface area contributed by atoms with Crippen molar-refractivity contribution in [3.8, 4) is 0 Å². The minimum atomic E-state index is -0.375. The van der Waals surface area contributed by atoms with Crippen molar-refractivity contribution < 1.29 is 9.90 Å². The molecule has 1 aliphatic carbocycles. The molecule has 2 rings (SSSR count). The second kappa shape index (κ2) is 7.44. The van der Waals surface area contributed by atoms with Gasteiger partial charge in [0.15, 0.2) is 0 Å². The predicted octanol–water partition coefficient (Wildman–Crippen LogP) is 2.59. The fourth-order valence-electron chi connectivity index (χ4n) is 2.95. The maximum Gasteiger partial charge on any atom is 0.220 e. The molecule has 1 aromatic rings. The fraction of sp³-hybridized carbons (Fsp3) is 0.588. The lowest BCUT2D eigenvalue weighted by molar-refractivity contribution is -0.121. The van der Waals surface area contributed by atoms with Crippen LogP contribution in [0.25, 0.3) is 0 Å². The zero-order valence-corrected chi connectivity index (χ0v) is 12.3. The molecule has 3 heteroatoms. The Labute approximate surface area is 121 Å². The van der Waals surface area contributed by atoms with Gasteiger partial charge in [-0.15, -0.1) is 0 Å². The largest absolute Gasteiger partial charge is 0.391 e. The van der Waals surface area contributed by atoms with Crippen molar-refractivity contribution in [2.45, 2.75) is 51.6 Å². The van der Waals surface area contributed by atoms with Crippen LogP contribution >= 0.6 is 0 Å². The highest BCUT2D eigenvalue weighted by Crippen LogP contribution is 2.27. The molecule has 1 atom stereocenters. The van der Waals surface area contributed by atoms with Crippen LogP contribution in [0, 0.1) is 12.8 Å². The standard InChI is InChI=1S/C17H25NO2/c1-13-6-2-3-7-14(13)10-11-17(20)18-12-16(19)15-8-4-5-9-15/h2-3,6-7,15-16,19H,4-5,8-12H2,1H3,(H,18,20). The van der Waals surface area contributed by atoms with Gasteiger partial charge in [-0.2, -0.15) is 0 Å². The Kier molecular flexibility index (Phi) is 5.60. The lowest BCUT2D eigenvalue weighted by Gasteiger charge is -2.18. The molecule has 0 aliphatic heterocycles. The molecule has 2 N–H and O–H groups in total. The summed E-state index contributed by atoms with van der Waals surface area (Å²) in [7, 11) is 0. The van der Waals surface area contributed by atoms with Gasteiger partial charge in [-0.3, -0.25) is 4.79 Å². The number of hydrogen-bond donors (Lipinski definition) is 2. The lowest BCUT2D eigenvalue weighted by Crippen LogP contribution is -2.35. The van der Waals surface area contributed by atoms with E-state index in [1.54, 1.807) is 0 Å². The zero-order valence-electron chi connectivity index (χ0n) is 12.3. The first-order chi connectivity index (χ1) is 9.66. The maximum absolute atomic E-state index is 11.8. The summed E-state index contributed by atoms with van der Waals surface area (Å²) in [5.41, 5.74) is 2.45. The third-order valence-corrected chi connectivity index (χ3v) is 4.34. The summed E-state index contributed by atoms with van der Waals surface area (Å²) in [4.78, 5) is 11.8. The molecule has 0 heterocycles. The van der Waals surface area contributed by atoms with E-state index in [4.69, 9.17) is 0 Å². The Balaban J connectivity index is 1.69. The van der Waals surface area contributed by atoms with Crippen LogP contribution in [0.4, 0.5) is 0 Å². The second-order valence-corrected chi connectivity index (χ2v) is 5.84. The number of aryl methyl sites for hydroxylation is 2. The van der Waals surface area contributed by atoms with E-state index in [9.17, 15) is 9.90 Å². The molecule has 1 amide bonds. The van der Waals surface area contributed by atoms with Crippen LogP contribution in [0.5, 0.6) is 0 Å². The Bertz CT molecular complexity index is 438. The van der Waals surface area contributed by atoms with Gasteiger partial charge in [-0.1, -0.05) is 37.1 Å². The lowest BCUT2D eigenvalue weighted by atomic mass is 10.0. The second-order valence-electron chi connectivity index (χ2n) is 5.84. The van der Waals surface area contributed by atoms with Crippen LogP contribution in [0.1, 0.15) is 43.2 Å². The summed E-state index contributed by atoms with van der Waals surface area (Å²) >= 11 is 0. The van der Waals surface area contributed by atoms with Crippen molar-refractivity contribution in [2.24, 2.45) is 5.92 Å². The third kappa shape index (κ3) is 4.34. The highest BCUT2D eigenvalue weighted by atomic mass is 16.3. The van der Waals surface area contributed by atoms with Crippen LogP contribution in [0.2, 0.25) is 0 Å². The average Bonchev–Trinajstić information content (AvgIpc) is 2.98. The molecule has 0 saturated heterocycles. The van der Waals surface area contributed by atoms with Crippen LogP contribution in [0.15, 0.2) is 24.3 Å². The Morgan fingerprint density at radius 3 is 2.75 bits per heavy atom. The molecule has 1 fully saturated rings. The van der Waals surface area contributed by atoms with E-state index in [-0.39, 0.29) is 12.0 Å². The molecule has 1 aromatic carbocycles. The minimum Gasteiger partial charge on any atom is -0.391 e. The molecular formula is C17H25NO2. The molecular weight excluding hydrogens is 250 g/mol. The van der Waals surface area contributed by atoms with Gasteiger partial charge >= 0.3 is 0 Å². The number of carbonyl (C=O) groups is 1. The molecule has 1 unspecified atom stereocenters. The van der Waals surface area contributed by atoms with Gasteiger partial charge in [-0.05, 0) is 43.2 Å². The number of amides is 1. The number of rotatable bonds is 6. The van der Waals surface area contributed by atoms with Gasteiger partial charge in [0.2, 0.25) is 5.91 Å². The van der Waals surface area contributed by atoms with E-state index in [1.165, 1.54) is 24.0 Å². The van der Waals surface area contributed by atoms with Crippen molar-refractivity contribution in [1.29, 1.82) is 0 Å². The molecule has 0 radical (unpaired) electrons. The van der Waals surface area contributed by atoms with Crippen molar-refractivity contribution in [2.75, 3.05) is 6.54 Å². The number of hydrogen-bond acceptors (Lipinski definition) is 2. The molecule has 0 spiro atoms. The van der Waals surface area contributed by atoms with Gasteiger partial charge in [-0.25, -0.2) is 0 Å². The highest BCUT2D eigenvalue weighted by Gasteiger charge is 2.23. The van der Waals surface area contributed by atoms with Crippen molar-refractivity contribution in [3.63, 3.8) is 0 Å². The molecule has 110 valence electrons. The normalized spacial score (nSPS) is 17.1. The van der Waals surface area contributed by atoms with Gasteiger partial charge in [0, 0.05) is 13.0 Å². The third-order valence-electron chi connectivity index (χ3n) is 4.34. The van der Waals surface area contributed by atoms with Crippen LogP contribution in [-0.4, -0.2) is 23.7 Å². The number of benzene rings is 1. The zero-order chi connectivity index (χ0) is 14.4. The molecule has 20 heavy (non-hydrogen) atoms. The molecule has 3 nitrogen and oxygen atoms in total. The number of carbonyl (C=O) groups excluding carboxylic acids is 1. The first-order valence-electron chi connectivity index (χ1n) is 7.66. The van der Waals surface area contributed by atoms with E-state index in [1.807, 2.05) is 12.1 Å². The van der Waals surface area contributed by atoms with E-state index in [0.717, 1.165) is 19.3 Å². The fourth-order valence-corrected chi connectivity index (χ4v) is 2.95. The molecule has 1 aliphatic rings. The maximum atomic E-state index is 11.8. The van der Waals surface area contributed by atoms with Crippen LogP contribution in [-0.2, 0) is 11.2 Å². The molecule has 1 saturated carbocycles. The highest BCUT2D eigenvalue weighted by molar-refractivity contribution is 5.76. The summed E-state index contributed by atoms with van der Waals surface area (Å²) in [6.45, 7) is 2.47. The van der Waals surface area contributed by atoms with Crippen LogP contribution in [0.3, 0.4) is 0 Å². The smallest absolute Gasteiger partial charge is 0.220 e. The van der Waals surface area contributed by atoms with Gasteiger partial charge < -0.3 is 10.4 Å². The Morgan fingerprint density at radius 1 is 1.35 bits per heavy atom. The molecule has 0 aromatic heterocycles. The van der Waals surface area contributed by atoms with E-state index in [2.05, 4.69) is 24.4 Å². The molecule has 0 bridgehead atoms. The summed E-state index contributed by atoms with van der Waals surface area (Å²) < 4.78 is 0. The SMILES string of the molecule is Cc1ccccc1CCC(=O)NCC(O)C1CCCC1. The first kappa shape index (κ1) is 15.0. The Morgan fingerprint density at radius 2 is 2.05 bits per heavy atom. The number of aliphatic hydroxyl groups is 1. The van der Waals surface area contributed by atoms with E-state index in [0.29, 0.717) is 18.9 Å².